The maximum Gasteiger partial charge on any atom is 0.0959 e. The van der Waals surface area contributed by atoms with Gasteiger partial charge in [0.2, 0.25) is 0 Å². The Morgan fingerprint density at radius 2 is 2.18 bits per heavy atom. The summed E-state index contributed by atoms with van der Waals surface area (Å²) in [6, 6.07) is 6.60. The Hall–Kier alpha value is -0.860. The van der Waals surface area contributed by atoms with Gasteiger partial charge in [-0.25, -0.2) is 0 Å². The molecular formula is C15H23NO. The summed E-state index contributed by atoms with van der Waals surface area (Å²) in [7, 11) is 0. The highest BCUT2D eigenvalue weighted by Gasteiger charge is 2.32. The molecule has 1 saturated heterocycles. The van der Waals surface area contributed by atoms with Crippen molar-refractivity contribution >= 4 is 0 Å². The molecule has 1 aliphatic rings. The SMILES string of the molecule is CCC1(C)CNCC(c2cc(C)ccc2C)O1. The van der Waals surface area contributed by atoms with Crippen molar-refractivity contribution in [2.24, 2.45) is 0 Å². The van der Waals surface area contributed by atoms with Crippen molar-refractivity contribution in [1.29, 1.82) is 0 Å². The van der Waals surface area contributed by atoms with Crippen molar-refractivity contribution < 1.29 is 4.74 Å². The quantitative estimate of drug-likeness (QED) is 0.847. The predicted molar refractivity (Wildman–Crippen MR) is 71.3 cm³/mol. The summed E-state index contributed by atoms with van der Waals surface area (Å²) in [6.45, 7) is 10.5. The first-order valence-electron chi connectivity index (χ1n) is 6.50. The van der Waals surface area contributed by atoms with Gasteiger partial charge in [-0.3, -0.25) is 0 Å². The molecule has 1 aromatic rings. The van der Waals surface area contributed by atoms with Crippen LogP contribution in [0.5, 0.6) is 0 Å². The Morgan fingerprint density at radius 3 is 2.88 bits per heavy atom. The molecule has 1 heterocycles. The number of ether oxygens (including phenoxy) is 1. The number of nitrogens with one attached hydrogen (secondary N) is 1. The summed E-state index contributed by atoms with van der Waals surface area (Å²) < 4.78 is 6.28. The third kappa shape index (κ3) is 2.70. The fourth-order valence-corrected chi connectivity index (χ4v) is 2.38. The van der Waals surface area contributed by atoms with Crippen LogP contribution in [-0.2, 0) is 4.74 Å². The molecule has 0 spiro atoms. The van der Waals surface area contributed by atoms with E-state index in [1.54, 1.807) is 0 Å². The molecule has 2 rings (SSSR count). The second kappa shape index (κ2) is 4.79. The molecule has 1 fully saturated rings. The lowest BCUT2D eigenvalue weighted by atomic mass is 9.95. The molecule has 0 radical (unpaired) electrons. The van der Waals surface area contributed by atoms with Gasteiger partial charge in [0.05, 0.1) is 11.7 Å². The first kappa shape index (κ1) is 12.6. The number of hydrogen-bond acceptors (Lipinski definition) is 2. The second-order valence-electron chi connectivity index (χ2n) is 5.40. The summed E-state index contributed by atoms with van der Waals surface area (Å²) in [5, 5.41) is 3.50. The first-order chi connectivity index (χ1) is 8.04. The zero-order chi connectivity index (χ0) is 12.5. The van der Waals surface area contributed by atoms with Crippen LogP contribution in [0.25, 0.3) is 0 Å². The first-order valence-corrected chi connectivity index (χ1v) is 6.50. The zero-order valence-corrected chi connectivity index (χ0v) is 11.3. The van der Waals surface area contributed by atoms with Crippen LogP contribution < -0.4 is 5.32 Å². The van der Waals surface area contributed by atoms with Gasteiger partial charge in [0.15, 0.2) is 0 Å². The third-order valence-electron chi connectivity index (χ3n) is 3.78. The Kier molecular flexibility index (Phi) is 3.55. The molecule has 0 saturated carbocycles. The van der Waals surface area contributed by atoms with Crippen LogP contribution >= 0.6 is 0 Å². The summed E-state index contributed by atoms with van der Waals surface area (Å²) in [4.78, 5) is 0. The monoisotopic (exact) mass is 233 g/mol. The van der Waals surface area contributed by atoms with Crippen molar-refractivity contribution in [1.82, 2.24) is 5.32 Å². The van der Waals surface area contributed by atoms with E-state index in [0.29, 0.717) is 0 Å². The minimum Gasteiger partial charge on any atom is -0.365 e. The van der Waals surface area contributed by atoms with Crippen LogP contribution in [0, 0.1) is 13.8 Å². The van der Waals surface area contributed by atoms with Crippen LogP contribution in [-0.4, -0.2) is 18.7 Å². The highest BCUT2D eigenvalue weighted by Crippen LogP contribution is 2.31. The molecule has 0 amide bonds. The average Bonchev–Trinajstić information content (AvgIpc) is 2.32. The van der Waals surface area contributed by atoms with Gasteiger partial charge in [-0.1, -0.05) is 30.7 Å². The van der Waals surface area contributed by atoms with E-state index in [2.05, 4.69) is 51.2 Å². The summed E-state index contributed by atoms with van der Waals surface area (Å²) >= 11 is 0. The lowest BCUT2D eigenvalue weighted by Crippen LogP contribution is -2.48. The predicted octanol–water partition coefficient (Wildman–Crippen LogP) is 3.13. The van der Waals surface area contributed by atoms with Crippen LogP contribution in [0.4, 0.5) is 0 Å². The van der Waals surface area contributed by atoms with Gasteiger partial charge in [0, 0.05) is 13.1 Å². The molecule has 2 nitrogen and oxygen atoms in total. The molecular weight excluding hydrogens is 210 g/mol. The highest BCUT2D eigenvalue weighted by molar-refractivity contribution is 5.32. The average molecular weight is 233 g/mol. The highest BCUT2D eigenvalue weighted by atomic mass is 16.5. The molecule has 2 atom stereocenters. The smallest absolute Gasteiger partial charge is 0.0959 e. The fraction of sp³-hybridized carbons (Fsp3) is 0.600. The van der Waals surface area contributed by atoms with E-state index in [-0.39, 0.29) is 11.7 Å². The Bertz CT molecular complexity index is 402. The van der Waals surface area contributed by atoms with Crippen molar-refractivity contribution in [2.45, 2.75) is 45.8 Å². The Morgan fingerprint density at radius 1 is 1.41 bits per heavy atom. The standard InChI is InChI=1S/C15H23NO/c1-5-15(4)10-16-9-14(17-15)13-8-11(2)6-7-12(13)3/h6-8,14,16H,5,9-10H2,1-4H3. The molecule has 17 heavy (non-hydrogen) atoms. The number of aryl methyl sites for hydroxylation is 2. The number of benzene rings is 1. The lowest BCUT2D eigenvalue weighted by molar-refractivity contribution is -0.109. The molecule has 2 heteroatoms. The fourth-order valence-electron chi connectivity index (χ4n) is 2.38. The Balaban J connectivity index is 2.24. The van der Waals surface area contributed by atoms with Gasteiger partial charge < -0.3 is 10.1 Å². The molecule has 0 bridgehead atoms. The maximum absolute atomic E-state index is 6.28. The van der Waals surface area contributed by atoms with Gasteiger partial charge >= 0.3 is 0 Å². The van der Waals surface area contributed by atoms with Gasteiger partial charge in [0.25, 0.3) is 0 Å². The van der Waals surface area contributed by atoms with Crippen molar-refractivity contribution in [2.75, 3.05) is 13.1 Å². The van der Waals surface area contributed by atoms with E-state index in [9.17, 15) is 0 Å². The van der Waals surface area contributed by atoms with Gasteiger partial charge in [0.1, 0.15) is 0 Å². The normalized spacial score (nSPS) is 29.3. The molecule has 0 aromatic heterocycles. The van der Waals surface area contributed by atoms with E-state index < -0.39 is 0 Å². The van der Waals surface area contributed by atoms with E-state index in [1.165, 1.54) is 16.7 Å². The minimum atomic E-state index is -0.0287. The maximum atomic E-state index is 6.28. The molecule has 1 N–H and O–H groups in total. The summed E-state index contributed by atoms with van der Waals surface area (Å²) in [5.41, 5.74) is 3.93. The summed E-state index contributed by atoms with van der Waals surface area (Å²) in [6.07, 6.45) is 1.23. The van der Waals surface area contributed by atoms with Crippen LogP contribution in [0.15, 0.2) is 18.2 Å². The van der Waals surface area contributed by atoms with Crippen molar-refractivity contribution in [3.63, 3.8) is 0 Å². The topological polar surface area (TPSA) is 21.3 Å². The summed E-state index contributed by atoms with van der Waals surface area (Å²) in [5.74, 6) is 0. The zero-order valence-electron chi connectivity index (χ0n) is 11.3. The number of rotatable bonds is 2. The van der Waals surface area contributed by atoms with E-state index in [0.717, 1.165) is 19.5 Å². The van der Waals surface area contributed by atoms with Crippen LogP contribution in [0.1, 0.15) is 43.1 Å². The number of morpholine rings is 1. The van der Waals surface area contributed by atoms with Gasteiger partial charge in [-0.2, -0.15) is 0 Å². The lowest BCUT2D eigenvalue weighted by Gasteiger charge is -2.39. The number of hydrogen-bond donors (Lipinski definition) is 1. The molecule has 2 unspecified atom stereocenters. The molecule has 94 valence electrons. The van der Waals surface area contributed by atoms with Crippen molar-refractivity contribution in [3.8, 4) is 0 Å². The largest absolute Gasteiger partial charge is 0.365 e. The molecule has 1 aliphatic heterocycles. The van der Waals surface area contributed by atoms with E-state index >= 15 is 0 Å². The second-order valence-corrected chi connectivity index (χ2v) is 5.40. The van der Waals surface area contributed by atoms with E-state index in [4.69, 9.17) is 4.74 Å². The van der Waals surface area contributed by atoms with Crippen molar-refractivity contribution in [3.05, 3.63) is 34.9 Å². The van der Waals surface area contributed by atoms with Crippen LogP contribution in [0.2, 0.25) is 0 Å². The molecule has 1 aromatic carbocycles. The minimum absolute atomic E-state index is 0.0287. The van der Waals surface area contributed by atoms with Crippen LogP contribution in [0.3, 0.4) is 0 Å². The van der Waals surface area contributed by atoms with Gasteiger partial charge in [-0.15, -0.1) is 0 Å². The Labute approximate surface area is 104 Å². The van der Waals surface area contributed by atoms with E-state index in [1.807, 2.05) is 0 Å². The molecule has 0 aliphatic carbocycles. The third-order valence-corrected chi connectivity index (χ3v) is 3.78. The van der Waals surface area contributed by atoms with Gasteiger partial charge in [-0.05, 0) is 38.3 Å².